The molecule has 0 aliphatic carbocycles. The lowest BCUT2D eigenvalue weighted by Gasteiger charge is -2.37. The third-order valence-electron chi connectivity index (χ3n) is 5.40. The second kappa shape index (κ2) is 9.00. The van der Waals surface area contributed by atoms with Crippen molar-refractivity contribution in [2.75, 3.05) is 45.3 Å². The molecule has 1 amide bonds. The quantitative estimate of drug-likeness (QED) is 0.766. The molecule has 5 nitrogen and oxygen atoms in total. The average Bonchev–Trinajstić information content (AvgIpc) is 2.72. The van der Waals surface area contributed by atoms with Gasteiger partial charge in [0.05, 0.1) is 14.2 Å². The first-order valence-electron chi connectivity index (χ1n) is 9.82. The van der Waals surface area contributed by atoms with Gasteiger partial charge in [0.1, 0.15) is 0 Å². The van der Waals surface area contributed by atoms with Gasteiger partial charge in [-0.2, -0.15) is 0 Å². The van der Waals surface area contributed by atoms with Crippen molar-refractivity contribution in [2.24, 2.45) is 0 Å². The van der Waals surface area contributed by atoms with Crippen LogP contribution in [0.25, 0.3) is 0 Å². The molecule has 5 heteroatoms. The van der Waals surface area contributed by atoms with E-state index in [4.69, 9.17) is 9.47 Å². The van der Waals surface area contributed by atoms with Crippen molar-refractivity contribution in [3.63, 3.8) is 0 Å². The Morgan fingerprint density at radius 1 is 0.929 bits per heavy atom. The van der Waals surface area contributed by atoms with Gasteiger partial charge in [-0.1, -0.05) is 23.8 Å². The summed E-state index contributed by atoms with van der Waals surface area (Å²) in [6.45, 7) is 7.59. The summed E-state index contributed by atoms with van der Waals surface area (Å²) in [6.07, 6.45) is 1.22. The van der Waals surface area contributed by atoms with Gasteiger partial charge in [-0.3, -0.25) is 4.79 Å². The third kappa shape index (κ3) is 4.58. The van der Waals surface area contributed by atoms with Crippen LogP contribution in [0.15, 0.2) is 36.4 Å². The van der Waals surface area contributed by atoms with Crippen molar-refractivity contribution < 1.29 is 14.3 Å². The van der Waals surface area contributed by atoms with E-state index in [1.54, 1.807) is 14.2 Å². The largest absolute Gasteiger partial charge is 0.493 e. The number of piperazine rings is 1. The summed E-state index contributed by atoms with van der Waals surface area (Å²) in [5.41, 5.74) is 4.95. The zero-order valence-corrected chi connectivity index (χ0v) is 17.3. The molecule has 1 saturated heterocycles. The van der Waals surface area contributed by atoms with E-state index in [1.165, 1.54) is 16.8 Å². The highest BCUT2D eigenvalue weighted by molar-refractivity contribution is 5.77. The Balaban J connectivity index is 1.53. The molecule has 0 spiro atoms. The molecule has 0 radical (unpaired) electrons. The lowest BCUT2D eigenvalue weighted by Crippen LogP contribution is -2.49. The Labute approximate surface area is 167 Å². The SMILES string of the molecule is COc1ccc(CCC(=O)N2CCN(c3ccc(C)cc3C)CC2)cc1OC. The first-order chi connectivity index (χ1) is 13.5. The van der Waals surface area contributed by atoms with Crippen molar-refractivity contribution >= 4 is 11.6 Å². The molecule has 0 saturated carbocycles. The number of anilines is 1. The first-order valence-corrected chi connectivity index (χ1v) is 9.82. The van der Waals surface area contributed by atoms with Gasteiger partial charge in [0.15, 0.2) is 11.5 Å². The van der Waals surface area contributed by atoms with Crippen molar-refractivity contribution in [3.05, 3.63) is 53.1 Å². The van der Waals surface area contributed by atoms with E-state index < -0.39 is 0 Å². The van der Waals surface area contributed by atoms with Crippen LogP contribution < -0.4 is 14.4 Å². The molecular formula is C23H30N2O3. The summed E-state index contributed by atoms with van der Waals surface area (Å²) in [5, 5.41) is 0. The van der Waals surface area contributed by atoms with Crippen molar-refractivity contribution in [3.8, 4) is 11.5 Å². The molecule has 1 fully saturated rings. The Morgan fingerprint density at radius 3 is 2.29 bits per heavy atom. The number of hydrogen-bond donors (Lipinski definition) is 0. The predicted octanol–water partition coefficient (Wildman–Crippen LogP) is 3.60. The molecule has 0 unspecified atom stereocenters. The average molecular weight is 383 g/mol. The molecule has 150 valence electrons. The van der Waals surface area contributed by atoms with E-state index in [0.29, 0.717) is 24.3 Å². The number of benzene rings is 2. The van der Waals surface area contributed by atoms with Gasteiger partial charge < -0.3 is 19.3 Å². The van der Waals surface area contributed by atoms with Crippen LogP contribution >= 0.6 is 0 Å². The summed E-state index contributed by atoms with van der Waals surface area (Å²) in [6, 6.07) is 12.4. The van der Waals surface area contributed by atoms with Gasteiger partial charge in [-0.05, 0) is 49.6 Å². The summed E-state index contributed by atoms with van der Waals surface area (Å²) < 4.78 is 10.6. The van der Waals surface area contributed by atoms with Crippen LogP contribution in [0.1, 0.15) is 23.1 Å². The molecule has 0 aromatic heterocycles. The first kappa shape index (κ1) is 20.1. The number of ether oxygens (including phenoxy) is 2. The molecule has 0 bridgehead atoms. The fourth-order valence-electron chi connectivity index (χ4n) is 3.80. The van der Waals surface area contributed by atoms with E-state index >= 15 is 0 Å². The summed E-state index contributed by atoms with van der Waals surface area (Å²) in [7, 11) is 3.25. The molecule has 0 atom stereocenters. The molecule has 0 N–H and O–H groups in total. The maximum atomic E-state index is 12.7. The van der Waals surface area contributed by atoms with E-state index in [2.05, 4.69) is 36.9 Å². The number of nitrogens with zero attached hydrogens (tertiary/aromatic N) is 2. The second-order valence-corrected chi connectivity index (χ2v) is 7.35. The zero-order chi connectivity index (χ0) is 20.1. The molecule has 1 heterocycles. The minimum Gasteiger partial charge on any atom is -0.493 e. The molecule has 2 aromatic rings. The van der Waals surface area contributed by atoms with Crippen molar-refractivity contribution in [1.29, 1.82) is 0 Å². The van der Waals surface area contributed by atoms with Gasteiger partial charge in [-0.15, -0.1) is 0 Å². The van der Waals surface area contributed by atoms with E-state index in [9.17, 15) is 4.79 Å². The van der Waals surface area contributed by atoms with Gasteiger partial charge >= 0.3 is 0 Å². The number of carbonyl (C=O) groups excluding carboxylic acids is 1. The Kier molecular flexibility index (Phi) is 6.45. The normalized spacial score (nSPS) is 14.1. The van der Waals surface area contributed by atoms with Crippen molar-refractivity contribution in [1.82, 2.24) is 4.90 Å². The molecule has 1 aliphatic rings. The topological polar surface area (TPSA) is 42.0 Å². The van der Waals surface area contributed by atoms with Crippen molar-refractivity contribution in [2.45, 2.75) is 26.7 Å². The highest BCUT2D eigenvalue weighted by Gasteiger charge is 2.22. The van der Waals surface area contributed by atoms with Gasteiger partial charge in [0, 0.05) is 38.3 Å². The number of amides is 1. The summed E-state index contributed by atoms with van der Waals surface area (Å²) in [5.74, 6) is 1.63. The fraction of sp³-hybridized carbons (Fsp3) is 0.435. The zero-order valence-electron chi connectivity index (χ0n) is 17.3. The highest BCUT2D eigenvalue weighted by Crippen LogP contribution is 2.28. The number of hydrogen-bond acceptors (Lipinski definition) is 4. The number of methoxy groups -OCH3 is 2. The Morgan fingerprint density at radius 2 is 1.64 bits per heavy atom. The monoisotopic (exact) mass is 382 g/mol. The minimum absolute atomic E-state index is 0.218. The third-order valence-corrected chi connectivity index (χ3v) is 5.40. The predicted molar refractivity (Wildman–Crippen MR) is 113 cm³/mol. The molecule has 28 heavy (non-hydrogen) atoms. The fourth-order valence-corrected chi connectivity index (χ4v) is 3.80. The summed E-state index contributed by atoms with van der Waals surface area (Å²) >= 11 is 0. The van der Waals surface area contributed by atoms with E-state index in [1.807, 2.05) is 23.1 Å². The van der Waals surface area contributed by atoms with E-state index in [0.717, 1.165) is 31.7 Å². The Hall–Kier alpha value is -2.69. The van der Waals surface area contributed by atoms with Crippen LogP contribution in [-0.2, 0) is 11.2 Å². The van der Waals surface area contributed by atoms with Crippen LogP contribution in [-0.4, -0.2) is 51.2 Å². The molecule has 2 aromatic carbocycles. The molecule has 3 rings (SSSR count). The van der Waals surface area contributed by atoms with Gasteiger partial charge in [0.2, 0.25) is 5.91 Å². The Bertz CT molecular complexity index is 827. The highest BCUT2D eigenvalue weighted by atomic mass is 16.5. The van der Waals surface area contributed by atoms with Crippen LogP contribution in [0.3, 0.4) is 0 Å². The smallest absolute Gasteiger partial charge is 0.223 e. The molecular weight excluding hydrogens is 352 g/mol. The number of aryl methyl sites for hydroxylation is 3. The maximum absolute atomic E-state index is 12.7. The van der Waals surface area contributed by atoms with Crippen LogP contribution in [0.4, 0.5) is 5.69 Å². The molecule has 1 aliphatic heterocycles. The number of rotatable bonds is 6. The minimum atomic E-state index is 0.218. The van der Waals surface area contributed by atoms with Gasteiger partial charge in [0.25, 0.3) is 0 Å². The second-order valence-electron chi connectivity index (χ2n) is 7.35. The number of carbonyl (C=O) groups is 1. The van der Waals surface area contributed by atoms with Gasteiger partial charge in [-0.25, -0.2) is 0 Å². The van der Waals surface area contributed by atoms with Crippen LogP contribution in [0.5, 0.6) is 11.5 Å². The lowest BCUT2D eigenvalue weighted by atomic mass is 10.1. The lowest BCUT2D eigenvalue weighted by molar-refractivity contribution is -0.131. The van der Waals surface area contributed by atoms with Crippen LogP contribution in [0, 0.1) is 13.8 Å². The van der Waals surface area contributed by atoms with Crippen LogP contribution in [0.2, 0.25) is 0 Å². The van der Waals surface area contributed by atoms with E-state index in [-0.39, 0.29) is 5.91 Å². The standard InChI is InChI=1S/C23H30N2O3/c1-17-5-8-20(18(2)15-17)24-11-13-25(14-12-24)23(26)10-7-19-6-9-21(27-3)22(16-19)28-4/h5-6,8-9,15-16H,7,10-14H2,1-4H3. The maximum Gasteiger partial charge on any atom is 0.223 e. The summed E-state index contributed by atoms with van der Waals surface area (Å²) in [4.78, 5) is 17.0.